The number of allylic oxidation sites excluding steroid dienone is 1. The Labute approximate surface area is 147 Å². The number of hydrogen-bond acceptors (Lipinski definition) is 5. The standard InChI is InChI=1S/C19H22N2O4/c1-21-16-6-5-14(19(22)15(16)12-20-21)10-13-4-7-17(18(11-13)24-3)25-9-8-23-2/h4,7,10-12H,5-6,8-9H2,1-3H3. The van der Waals surface area contributed by atoms with E-state index in [4.69, 9.17) is 14.2 Å². The van der Waals surface area contributed by atoms with Gasteiger partial charge in [-0.05, 0) is 36.6 Å². The first-order chi connectivity index (χ1) is 12.1. The first-order valence-corrected chi connectivity index (χ1v) is 8.20. The quantitative estimate of drug-likeness (QED) is 0.597. The van der Waals surface area contributed by atoms with E-state index in [1.165, 1.54) is 0 Å². The first kappa shape index (κ1) is 17.2. The molecule has 25 heavy (non-hydrogen) atoms. The SMILES string of the molecule is COCCOc1ccc(C=C2CCc3c(cnn3C)C2=O)cc1OC. The summed E-state index contributed by atoms with van der Waals surface area (Å²) in [6, 6.07) is 5.65. The highest BCUT2D eigenvalue weighted by atomic mass is 16.5. The van der Waals surface area contributed by atoms with Gasteiger partial charge in [0, 0.05) is 25.4 Å². The first-order valence-electron chi connectivity index (χ1n) is 8.20. The summed E-state index contributed by atoms with van der Waals surface area (Å²) in [6.45, 7) is 0.965. The zero-order valence-electron chi connectivity index (χ0n) is 14.7. The number of aryl methyl sites for hydroxylation is 1. The summed E-state index contributed by atoms with van der Waals surface area (Å²) in [5.41, 5.74) is 3.40. The van der Waals surface area contributed by atoms with Crippen LogP contribution in [0.2, 0.25) is 0 Å². The Balaban J connectivity index is 1.82. The zero-order chi connectivity index (χ0) is 17.8. The minimum atomic E-state index is 0.0498. The Kier molecular flexibility index (Phi) is 5.19. The van der Waals surface area contributed by atoms with Crippen molar-refractivity contribution in [2.24, 2.45) is 7.05 Å². The molecule has 2 aromatic rings. The average molecular weight is 342 g/mol. The second-order valence-corrected chi connectivity index (χ2v) is 5.88. The third-order valence-electron chi connectivity index (χ3n) is 4.30. The van der Waals surface area contributed by atoms with E-state index in [-0.39, 0.29) is 5.78 Å². The third kappa shape index (κ3) is 3.58. The predicted molar refractivity (Wildman–Crippen MR) is 94.2 cm³/mol. The van der Waals surface area contributed by atoms with E-state index in [1.807, 2.05) is 31.3 Å². The van der Waals surface area contributed by atoms with E-state index in [9.17, 15) is 4.79 Å². The normalized spacial score (nSPS) is 15.3. The number of aromatic nitrogens is 2. The number of carbonyl (C=O) groups is 1. The summed E-state index contributed by atoms with van der Waals surface area (Å²) in [6.07, 6.45) is 5.09. The molecule has 0 unspecified atom stereocenters. The van der Waals surface area contributed by atoms with Crippen LogP contribution in [0.4, 0.5) is 0 Å². The molecule has 1 heterocycles. The van der Waals surface area contributed by atoms with Crippen LogP contribution in [0.5, 0.6) is 11.5 Å². The largest absolute Gasteiger partial charge is 0.493 e. The molecule has 0 atom stereocenters. The fourth-order valence-corrected chi connectivity index (χ4v) is 2.96. The van der Waals surface area contributed by atoms with E-state index in [0.717, 1.165) is 23.3 Å². The molecule has 1 aromatic carbocycles. The number of ketones is 1. The number of ether oxygens (including phenoxy) is 3. The molecule has 0 saturated heterocycles. The van der Waals surface area contributed by atoms with Crippen LogP contribution in [0.1, 0.15) is 28.0 Å². The molecule has 0 saturated carbocycles. The van der Waals surface area contributed by atoms with Crippen LogP contribution in [0.3, 0.4) is 0 Å². The fourth-order valence-electron chi connectivity index (χ4n) is 2.96. The molecule has 0 N–H and O–H groups in total. The molecule has 0 fully saturated rings. The van der Waals surface area contributed by atoms with Gasteiger partial charge in [-0.3, -0.25) is 9.48 Å². The van der Waals surface area contributed by atoms with Gasteiger partial charge in [0.25, 0.3) is 0 Å². The van der Waals surface area contributed by atoms with Gasteiger partial charge < -0.3 is 14.2 Å². The van der Waals surface area contributed by atoms with Crippen molar-refractivity contribution in [3.63, 3.8) is 0 Å². The van der Waals surface area contributed by atoms with E-state index in [2.05, 4.69) is 5.10 Å². The van der Waals surface area contributed by atoms with Crippen LogP contribution in [-0.4, -0.2) is 43.0 Å². The zero-order valence-corrected chi connectivity index (χ0v) is 14.7. The lowest BCUT2D eigenvalue weighted by Crippen LogP contribution is -2.15. The van der Waals surface area contributed by atoms with Gasteiger partial charge in [0.2, 0.25) is 0 Å². The van der Waals surface area contributed by atoms with Crippen molar-refractivity contribution in [2.75, 3.05) is 27.4 Å². The van der Waals surface area contributed by atoms with Crippen molar-refractivity contribution in [1.29, 1.82) is 0 Å². The highest BCUT2D eigenvalue weighted by Crippen LogP contribution is 2.31. The predicted octanol–water partition coefficient (Wildman–Crippen LogP) is 2.67. The van der Waals surface area contributed by atoms with Gasteiger partial charge in [0.15, 0.2) is 17.3 Å². The van der Waals surface area contributed by atoms with Crippen LogP contribution < -0.4 is 9.47 Å². The Hall–Kier alpha value is -2.60. The number of nitrogens with zero attached hydrogens (tertiary/aromatic N) is 2. The molecule has 6 heteroatoms. The van der Waals surface area contributed by atoms with Crippen molar-refractivity contribution in [3.8, 4) is 11.5 Å². The number of methoxy groups -OCH3 is 2. The lowest BCUT2D eigenvalue weighted by atomic mass is 9.90. The summed E-state index contributed by atoms with van der Waals surface area (Å²) in [5, 5.41) is 4.19. The molecule has 0 amide bonds. The Bertz CT molecular complexity index is 808. The van der Waals surface area contributed by atoms with Gasteiger partial charge in [-0.1, -0.05) is 6.07 Å². The molecule has 1 aromatic heterocycles. The average Bonchev–Trinajstić information content (AvgIpc) is 3.00. The summed E-state index contributed by atoms with van der Waals surface area (Å²) in [4.78, 5) is 12.6. The molecule has 0 bridgehead atoms. The fraction of sp³-hybridized carbons (Fsp3) is 0.368. The number of rotatable bonds is 6. The van der Waals surface area contributed by atoms with Crippen LogP contribution in [0.15, 0.2) is 30.0 Å². The maximum absolute atomic E-state index is 12.6. The van der Waals surface area contributed by atoms with Gasteiger partial charge in [-0.25, -0.2) is 0 Å². The van der Waals surface area contributed by atoms with E-state index in [1.54, 1.807) is 25.1 Å². The molecular weight excluding hydrogens is 320 g/mol. The van der Waals surface area contributed by atoms with E-state index < -0.39 is 0 Å². The number of benzene rings is 1. The molecule has 6 nitrogen and oxygen atoms in total. The van der Waals surface area contributed by atoms with Gasteiger partial charge in [0.05, 0.1) is 25.5 Å². The van der Waals surface area contributed by atoms with Crippen LogP contribution in [0, 0.1) is 0 Å². The number of Topliss-reactive ketones (excluding diaryl/α,β-unsaturated/α-hetero) is 1. The van der Waals surface area contributed by atoms with Crippen molar-refractivity contribution in [1.82, 2.24) is 9.78 Å². The van der Waals surface area contributed by atoms with Crippen LogP contribution in [0.25, 0.3) is 6.08 Å². The number of fused-ring (bicyclic) bond motifs is 1. The summed E-state index contributed by atoms with van der Waals surface area (Å²) < 4.78 is 17.8. The van der Waals surface area contributed by atoms with Crippen molar-refractivity contribution in [3.05, 3.63) is 46.8 Å². The lowest BCUT2D eigenvalue weighted by molar-refractivity contribution is 0.102. The lowest BCUT2D eigenvalue weighted by Gasteiger charge is -2.15. The second kappa shape index (κ2) is 7.53. The Morgan fingerprint density at radius 3 is 2.80 bits per heavy atom. The highest BCUT2D eigenvalue weighted by Gasteiger charge is 2.25. The number of hydrogen-bond donors (Lipinski definition) is 0. The monoisotopic (exact) mass is 342 g/mol. The molecule has 132 valence electrons. The van der Waals surface area contributed by atoms with Gasteiger partial charge >= 0.3 is 0 Å². The second-order valence-electron chi connectivity index (χ2n) is 5.88. The molecule has 1 aliphatic rings. The molecule has 0 aliphatic heterocycles. The summed E-state index contributed by atoms with van der Waals surface area (Å²) in [5.74, 6) is 1.34. The molecule has 0 radical (unpaired) electrons. The minimum Gasteiger partial charge on any atom is -0.493 e. The third-order valence-corrected chi connectivity index (χ3v) is 4.30. The maximum atomic E-state index is 12.6. The smallest absolute Gasteiger partial charge is 0.192 e. The Morgan fingerprint density at radius 1 is 1.20 bits per heavy atom. The summed E-state index contributed by atoms with van der Waals surface area (Å²) >= 11 is 0. The molecule has 3 rings (SSSR count). The number of carbonyl (C=O) groups excluding carboxylic acids is 1. The van der Waals surface area contributed by atoms with Crippen molar-refractivity contribution in [2.45, 2.75) is 12.8 Å². The molecule has 0 spiro atoms. The van der Waals surface area contributed by atoms with Crippen molar-refractivity contribution < 1.29 is 19.0 Å². The van der Waals surface area contributed by atoms with Crippen LogP contribution >= 0.6 is 0 Å². The maximum Gasteiger partial charge on any atom is 0.192 e. The topological polar surface area (TPSA) is 62.6 Å². The Morgan fingerprint density at radius 2 is 2.04 bits per heavy atom. The van der Waals surface area contributed by atoms with Gasteiger partial charge in [0.1, 0.15) is 6.61 Å². The molecular formula is C19H22N2O4. The summed E-state index contributed by atoms with van der Waals surface area (Å²) in [7, 11) is 5.10. The van der Waals surface area contributed by atoms with E-state index in [0.29, 0.717) is 36.7 Å². The molecule has 1 aliphatic carbocycles. The highest BCUT2D eigenvalue weighted by molar-refractivity contribution is 6.12. The van der Waals surface area contributed by atoms with Gasteiger partial charge in [-0.2, -0.15) is 5.10 Å². The van der Waals surface area contributed by atoms with E-state index >= 15 is 0 Å². The van der Waals surface area contributed by atoms with Crippen molar-refractivity contribution >= 4 is 11.9 Å². The van der Waals surface area contributed by atoms with Crippen LogP contribution in [-0.2, 0) is 18.2 Å². The van der Waals surface area contributed by atoms with Gasteiger partial charge in [-0.15, -0.1) is 0 Å². The minimum absolute atomic E-state index is 0.0498.